The van der Waals surface area contributed by atoms with Crippen molar-refractivity contribution in [2.75, 3.05) is 6.54 Å². The van der Waals surface area contributed by atoms with E-state index in [-0.39, 0.29) is 31.7 Å². The topological polar surface area (TPSA) is 303 Å². The first-order valence-corrected chi connectivity index (χ1v) is 16.4. The van der Waals surface area contributed by atoms with Crippen LogP contribution in [0.2, 0.25) is 0 Å². The molecule has 1 aromatic heterocycles. The second-order valence-corrected chi connectivity index (χ2v) is 12.6. The molecule has 1 aliphatic heterocycles. The Morgan fingerprint density at radius 1 is 0.920 bits per heavy atom. The van der Waals surface area contributed by atoms with Gasteiger partial charge in [0.2, 0.25) is 29.5 Å². The number of H-pyrrole nitrogens is 1. The number of amides is 5. The Morgan fingerprint density at radius 3 is 2.10 bits per heavy atom. The minimum atomic E-state index is -1.72. The van der Waals surface area contributed by atoms with Gasteiger partial charge in [-0.1, -0.05) is 34.1 Å². The van der Waals surface area contributed by atoms with Gasteiger partial charge in [-0.3, -0.25) is 33.6 Å². The van der Waals surface area contributed by atoms with Crippen LogP contribution in [0.5, 0.6) is 0 Å². The number of likely N-dealkylation sites (tertiary alicyclic amines) is 1. The smallest absolute Gasteiger partial charge is 0.326 e. The quantitative estimate of drug-likeness (QED) is 0.0733. The zero-order valence-electron chi connectivity index (χ0n) is 28.5. The molecule has 0 aliphatic carbocycles. The number of rotatable bonds is 20. The van der Waals surface area contributed by atoms with Crippen LogP contribution in [-0.4, -0.2) is 120 Å². The summed E-state index contributed by atoms with van der Waals surface area (Å²) in [4.78, 5) is 109. The average molecular weight is 709 g/mol. The number of imidazole rings is 1. The highest BCUT2D eigenvalue weighted by Crippen LogP contribution is 2.21. The van der Waals surface area contributed by atoms with Crippen molar-refractivity contribution in [3.05, 3.63) is 18.2 Å². The lowest BCUT2D eigenvalue weighted by atomic mass is 9.98. The van der Waals surface area contributed by atoms with Crippen molar-refractivity contribution in [3.63, 3.8) is 0 Å². The Bertz CT molecular complexity index is 1390. The molecule has 278 valence electrons. The normalized spacial score (nSPS) is 17.8. The van der Waals surface area contributed by atoms with E-state index in [1.54, 1.807) is 6.92 Å². The van der Waals surface area contributed by atoms with Crippen molar-refractivity contribution in [2.24, 2.45) is 17.6 Å². The Kier molecular flexibility index (Phi) is 15.8. The summed E-state index contributed by atoms with van der Waals surface area (Å²) in [7, 11) is 0. The number of nitrogens with one attached hydrogen (secondary N) is 5. The summed E-state index contributed by atoms with van der Waals surface area (Å²) < 4.78 is 0. The van der Waals surface area contributed by atoms with E-state index in [1.807, 2.05) is 6.92 Å². The Labute approximate surface area is 288 Å². The molecule has 0 aromatic carbocycles. The molecule has 19 nitrogen and oxygen atoms in total. The molecule has 2 heterocycles. The Balaban J connectivity index is 2.31. The monoisotopic (exact) mass is 708 g/mol. The zero-order chi connectivity index (χ0) is 37.7. The molecule has 7 atom stereocenters. The number of aromatic amines is 1. The van der Waals surface area contributed by atoms with Gasteiger partial charge in [-0.15, -0.1) is 0 Å². The number of nitrogens with two attached hydrogens (primary N) is 1. The van der Waals surface area contributed by atoms with E-state index >= 15 is 0 Å². The Hall–Kier alpha value is -5.07. The first kappa shape index (κ1) is 41.1. The molecule has 1 saturated heterocycles. The fraction of sp³-hybridized carbons (Fsp3) is 0.645. The molecule has 2 rings (SSSR count). The number of aromatic nitrogens is 2. The van der Waals surface area contributed by atoms with Crippen molar-refractivity contribution < 1.29 is 53.7 Å². The lowest BCUT2D eigenvalue weighted by Gasteiger charge is -2.30. The highest BCUT2D eigenvalue weighted by atomic mass is 16.4. The first-order chi connectivity index (χ1) is 23.5. The number of nitrogens with zero attached hydrogens (tertiary/aromatic N) is 2. The van der Waals surface area contributed by atoms with Crippen LogP contribution in [0, 0.1) is 11.8 Å². The zero-order valence-corrected chi connectivity index (χ0v) is 28.5. The van der Waals surface area contributed by atoms with Gasteiger partial charge in [0.05, 0.1) is 24.5 Å². The summed E-state index contributed by atoms with van der Waals surface area (Å²) in [6, 6.07) is -7.94. The van der Waals surface area contributed by atoms with Gasteiger partial charge in [-0.25, -0.2) is 9.78 Å². The largest absolute Gasteiger partial charge is 0.481 e. The van der Waals surface area contributed by atoms with E-state index in [0.29, 0.717) is 18.5 Å². The number of aliphatic carboxylic acids is 3. The molecular weight excluding hydrogens is 660 g/mol. The molecule has 0 radical (unpaired) electrons. The Morgan fingerprint density at radius 2 is 1.56 bits per heavy atom. The number of carbonyl (C=O) groups is 8. The van der Waals surface area contributed by atoms with E-state index in [2.05, 4.69) is 31.2 Å². The number of hydrogen-bond donors (Lipinski definition) is 9. The van der Waals surface area contributed by atoms with E-state index in [0.717, 1.165) is 0 Å². The highest BCUT2D eigenvalue weighted by Gasteiger charge is 2.40. The molecule has 10 N–H and O–H groups in total. The molecule has 1 aromatic rings. The lowest BCUT2D eigenvalue weighted by Crippen LogP contribution is -2.60. The average Bonchev–Trinajstić information content (AvgIpc) is 3.75. The van der Waals surface area contributed by atoms with Gasteiger partial charge >= 0.3 is 17.9 Å². The number of carbonyl (C=O) groups excluding carboxylic acids is 5. The number of hydrogen-bond acceptors (Lipinski definition) is 10. The second-order valence-electron chi connectivity index (χ2n) is 12.6. The van der Waals surface area contributed by atoms with Gasteiger partial charge in [0, 0.05) is 25.6 Å². The maximum absolute atomic E-state index is 13.7. The SMILES string of the molecule is CC[C@H](C)[C@H](N)C(=O)N[C@@H](CCC(=O)O)C(=O)N1CCC[C@H]1C(=O)N[C@@H](Cc1c[nH]cn1)C(=O)N[C@@H](CC(=O)O)C(=O)N[C@H](C(=O)O)C(C)C. The highest BCUT2D eigenvalue weighted by molar-refractivity contribution is 5.97. The second kappa shape index (κ2) is 19.2. The molecule has 1 aliphatic rings. The standard InChI is InChI=1S/C31H48N8O11/c1-5-16(4)24(32)29(47)35-18(8-9-22(40)41)30(48)39-10-6-7-21(39)28(46)37-19(11-17-13-33-14-34-17)26(44)36-20(12-23(42)43)27(45)38-25(15(2)3)31(49)50/h13-16,18-21,24-25H,5-12,32H2,1-4H3,(H,33,34)(H,35,47)(H,36,44)(H,37,46)(H,38,45)(H,40,41)(H,42,43)(H,49,50)/t16-,18-,19-,20-,21-,24-,25-/m0/s1. The van der Waals surface area contributed by atoms with Gasteiger partial charge in [0.25, 0.3) is 0 Å². The lowest BCUT2D eigenvalue weighted by molar-refractivity contribution is -0.144. The van der Waals surface area contributed by atoms with Crippen LogP contribution in [-0.2, 0) is 44.8 Å². The summed E-state index contributed by atoms with van der Waals surface area (Å²) in [5, 5.41) is 37.8. The predicted octanol–water partition coefficient (Wildman–Crippen LogP) is -1.66. The molecule has 50 heavy (non-hydrogen) atoms. The van der Waals surface area contributed by atoms with E-state index in [9.17, 15) is 53.7 Å². The molecule has 5 amide bonds. The van der Waals surface area contributed by atoms with Gasteiger partial charge in [0.15, 0.2) is 0 Å². The van der Waals surface area contributed by atoms with Crippen LogP contribution in [0.3, 0.4) is 0 Å². The predicted molar refractivity (Wildman–Crippen MR) is 174 cm³/mol. The molecular formula is C31H48N8O11. The van der Waals surface area contributed by atoms with E-state index in [4.69, 9.17) is 5.73 Å². The minimum absolute atomic E-state index is 0.0887. The molecule has 0 bridgehead atoms. The van der Waals surface area contributed by atoms with Crippen molar-refractivity contribution in [1.82, 2.24) is 36.1 Å². The van der Waals surface area contributed by atoms with Crippen molar-refractivity contribution in [1.29, 1.82) is 0 Å². The minimum Gasteiger partial charge on any atom is -0.481 e. The summed E-state index contributed by atoms with van der Waals surface area (Å²) >= 11 is 0. The summed E-state index contributed by atoms with van der Waals surface area (Å²) in [5.74, 6) is -9.04. The van der Waals surface area contributed by atoms with Crippen LogP contribution in [0.15, 0.2) is 12.5 Å². The van der Waals surface area contributed by atoms with Gasteiger partial charge in [-0.2, -0.15) is 0 Å². The van der Waals surface area contributed by atoms with Crippen molar-refractivity contribution >= 4 is 47.4 Å². The number of carboxylic acids is 3. The summed E-state index contributed by atoms with van der Waals surface area (Å²) in [5.41, 5.74) is 6.34. The van der Waals surface area contributed by atoms with E-state index in [1.165, 1.54) is 31.3 Å². The maximum Gasteiger partial charge on any atom is 0.326 e. The van der Waals surface area contributed by atoms with Crippen LogP contribution in [0.4, 0.5) is 0 Å². The fourth-order valence-electron chi connectivity index (χ4n) is 5.32. The third-order valence-corrected chi connectivity index (χ3v) is 8.50. The van der Waals surface area contributed by atoms with E-state index < -0.39 is 102 Å². The summed E-state index contributed by atoms with van der Waals surface area (Å²) in [6.45, 7) is 6.73. The summed E-state index contributed by atoms with van der Waals surface area (Å²) in [6.07, 6.45) is 2.02. The van der Waals surface area contributed by atoms with Crippen molar-refractivity contribution in [3.8, 4) is 0 Å². The number of carboxylic acid groups (broad SMARTS) is 3. The molecule has 0 unspecified atom stereocenters. The molecule has 1 fully saturated rings. The molecule has 19 heteroatoms. The first-order valence-electron chi connectivity index (χ1n) is 16.4. The van der Waals surface area contributed by atoms with Crippen LogP contribution in [0.25, 0.3) is 0 Å². The maximum atomic E-state index is 13.7. The fourth-order valence-corrected chi connectivity index (χ4v) is 5.32. The third kappa shape index (κ3) is 12.1. The van der Waals surface area contributed by atoms with Gasteiger partial charge in [-0.05, 0) is 31.1 Å². The van der Waals surface area contributed by atoms with Crippen molar-refractivity contribution in [2.45, 2.75) is 109 Å². The van der Waals surface area contributed by atoms with Crippen LogP contribution < -0.4 is 27.0 Å². The molecule has 0 saturated carbocycles. The van der Waals surface area contributed by atoms with Crippen LogP contribution in [0.1, 0.15) is 71.9 Å². The van der Waals surface area contributed by atoms with Crippen LogP contribution >= 0.6 is 0 Å². The third-order valence-electron chi connectivity index (χ3n) is 8.50. The van der Waals surface area contributed by atoms with Gasteiger partial charge in [0.1, 0.15) is 30.2 Å². The molecule has 0 spiro atoms. The van der Waals surface area contributed by atoms with Gasteiger partial charge < -0.3 is 52.2 Å².